The van der Waals surface area contributed by atoms with Crippen molar-refractivity contribution in [2.45, 2.75) is 58.2 Å². The average molecular weight is 529 g/mol. The number of ketones is 1. The summed E-state index contributed by atoms with van der Waals surface area (Å²) in [6.45, 7) is 5.81. The van der Waals surface area contributed by atoms with Crippen LogP contribution >= 0.6 is 0 Å². The van der Waals surface area contributed by atoms with Crippen LogP contribution in [0.1, 0.15) is 49.2 Å². The van der Waals surface area contributed by atoms with Crippen molar-refractivity contribution in [3.63, 3.8) is 0 Å². The third-order valence-electron chi connectivity index (χ3n) is 5.34. The van der Waals surface area contributed by atoms with Crippen molar-refractivity contribution < 1.29 is 38.5 Å². The fraction of sp³-hybridized carbons (Fsp3) is 0.429. The Morgan fingerprint density at radius 2 is 1.63 bits per heavy atom. The zero-order chi connectivity index (χ0) is 28.3. The second kappa shape index (κ2) is 14.1. The molecule has 0 aliphatic rings. The molecule has 10 nitrogen and oxygen atoms in total. The van der Waals surface area contributed by atoms with Crippen molar-refractivity contribution in [1.29, 1.82) is 0 Å². The number of carbonyl (C=O) groups is 4. The first kappa shape index (κ1) is 30.3. The molecule has 38 heavy (non-hydrogen) atoms. The van der Waals surface area contributed by atoms with Gasteiger partial charge in [-0.2, -0.15) is 0 Å². The van der Waals surface area contributed by atoms with Crippen LogP contribution in [0.2, 0.25) is 0 Å². The molecule has 0 heterocycles. The maximum atomic E-state index is 13.2. The number of hydrogen-bond donors (Lipinski definition) is 3. The van der Waals surface area contributed by atoms with Gasteiger partial charge in [-0.3, -0.25) is 9.59 Å². The summed E-state index contributed by atoms with van der Waals surface area (Å²) in [5.74, 6) is -1.14. The lowest BCUT2D eigenvalue weighted by Gasteiger charge is -2.25. The van der Waals surface area contributed by atoms with Gasteiger partial charge in [-0.05, 0) is 57.4 Å². The predicted molar refractivity (Wildman–Crippen MR) is 140 cm³/mol. The Hall–Kier alpha value is -3.92. The van der Waals surface area contributed by atoms with Gasteiger partial charge >= 0.3 is 12.1 Å². The van der Waals surface area contributed by atoms with Gasteiger partial charge in [0.05, 0.1) is 25.3 Å². The number of methoxy groups -OCH3 is 1. The van der Waals surface area contributed by atoms with Crippen molar-refractivity contribution in [2.75, 3.05) is 20.3 Å². The Morgan fingerprint density at radius 1 is 0.947 bits per heavy atom. The van der Waals surface area contributed by atoms with E-state index in [1.54, 1.807) is 39.0 Å². The molecule has 2 aromatic carbocycles. The summed E-state index contributed by atoms with van der Waals surface area (Å²) in [5, 5.41) is 15.4. The highest BCUT2D eigenvalue weighted by atomic mass is 16.6. The van der Waals surface area contributed by atoms with Crippen LogP contribution < -0.4 is 15.4 Å². The Kier molecular flexibility index (Phi) is 11.3. The molecule has 0 radical (unpaired) electrons. The summed E-state index contributed by atoms with van der Waals surface area (Å²) < 4.78 is 15.3. The van der Waals surface area contributed by atoms with Crippen LogP contribution in [0, 0.1) is 0 Å². The van der Waals surface area contributed by atoms with Crippen molar-refractivity contribution in [2.24, 2.45) is 0 Å². The van der Waals surface area contributed by atoms with Crippen molar-refractivity contribution in [3.05, 3.63) is 65.2 Å². The molecule has 0 saturated carbocycles. The minimum Gasteiger partial charge on any atom is -0.481 e. The molecule has 0 saturated heterocycles. The number of alkyl carbamates (subject to hydrolysis) is 1. The molecule has 2 unspecified atom stereocenters. The lowest BCUT2D eigenvalue weighted by atomic mass is 10.0. The molecule has 2 amide bonds. The summed E-state index contributed by atoms with van der Waals surface area (Å²) in [5.41, 5.74) is 0.993. The number of rotatable bonds is 12. The topological polar surface area (TPSA) is 140 Å². The summed E-state index contributed by atoms with van der Waals surface area (Å²) in [4.78, 5) is 49.2. The van der Waals surface area contributed by atoms with E-state index in [1.807, 2.05) is 30.3 Å². The number of carbonyl (C=O) groups excluding carboxylic acids is 4. The van der Waals surface area contributed by atoms with Crippen LogP contribution in [-0.4, -0.2) is 66.9 Å². The molecule has 2 aromatic rings. The van der Waals surface area contributed by atoms with Crippen molar-refractivity contribution in [3.8, 4) is 5.75 Å². The quantitative estimate of drug-likeness (QED) is 0.282. The predicted octanol–water partition coefficient (Wildman–Crippen LogP) is 2.60. The van der Waals surface area contributed by atoms with E-state index in [-0.39, 0.29) is 43.2 Å². The third kappa shape index (κ3) is 10.2. The number of Topliss-reactive ketones (excluding diaryl/α,β-unsaturated/α-hetero) is 1. The van der Waals surface area contributed by atoms with Crippen molar-refractivity contribution >= 4 is 23.8 Å². The summed E-state index contributed by atoms with van der Waals surface area (Å²) in [6, 6.07) is 12.3. The lowest BCUT2D eigenvalue weighted by Crippen LogP contribution is -2.52. The maximum absolute atomic E-state index is 13.2. The van der Waals surface area contributed by atoms with Crippen LogP contribution in [-0.2, 0) is 31.9 Å². The van der Waals surface area contributed by atoms with Gasteiger partial charge in [0.2, 0.25) is 5.91 Å². The van der Waals surface area contributed by atoms with E-state index in [4.69, 9.17) is 9.47 Å². The fourth-order valence-corrected chi connectivity index (χ4v) is 3.56. The molecule has 10 heteroatoms. The molecule has 0 bridgehead atoms. The van der Waals surface area contributed by atoms with Crippen LogP contribution in [0.5, 0.6) is 5.75 Å². The van der Waals surface area contributed by atoms with Crippen LogP contribution in [0.25, 0.3) is 0 Å². The number of aliphatic hydroxyl groups is 1. The number of benzene rings is 2. The molecule has 0 aliphatic carbocycles. The summed E-state index contributed by atoms with van der Waals surface area (Å²) >= 11 is 0. The van der Waals surface area contributed by atoms with Gasteiger partial charge in [0, 0.05) is 6.42 Å². The highest BCUT2D eigenvalue weighted by Gasteiger charge is 2.26. The molecule has 206 valence electrons. The number of nitrogens with one attached hydrogen (secondary N) is 2. The van der Waals surface area contributed by atoms with Gasteiger partial charge in [0.25, 0.3) is 0 Å². The van der Waals surface area contributed by atoms with Gasteiger partial charge < -0.3 is 30.0 Å². The van der Waals surface area contributed by atoms with E-state index in [0.717, 1.165) is 5.56 Å². The second-order valence-electron chi connectivity index (χ2n) is 9.73. The molecule has 0 aliphatic heterocycles. The van der Waals surface area contributed by atoms with E-state index < -0.39 is 35.7 Å². The Bertz CT molecular complexity index is 1110. The van der Waals surface area contributed by atoms with E-state index in [2.05, 4.69) is 15.4 Å². The standard InChI is InChI=1S/C28H36N2O8/c1-18(32)22-14-20(11-12-24(22)37-17-25(33)36-5)13-21(16-31)29-26(34)23(15-19-9-7-6-8-10-19)30-27(35)38-28(2,3)4/h6-12,14,21,23,31H,13,15-17H2,1-5H3,(H,29,34)(H,30,35). The first-order valence-electron chi connectivity index (χ1n) is 12.2. The highest BCUT2D eigenvalue weighted by Crippen LogP contribution is 2.22. The Morgan fingerprint density at radius 3 is 2.21 bits per heavy atom. The van der Waals surface area contributed by atoms with Crippen molar-refractivity contribution in [1.82, 2.24) is 10.6 Å². The number of aliphatic hydroxyl groups excluding tert-OH is 1. The van der Waals surface area contributed by atoms with E-state index in [1.165, 1.54) is 14.0 Å². The fourth-order valence-electron chi connectivity index (χ4n) is 3.56. The molecular weight excluding hydrogens is 492 g/mol. The molecule has 2 atom stereocenters. The largest absolute Gasteiger partial charge is 0.481 e. The monoisotopic (exact) mass is 528 g/mol. The van der Waals surface area contributed by atoms with E-state index in [0.29, 0.717) is 5.56 Å². The minimum absolute atomic E-state index is 0.199. The number of esters is 1. The molecule has 0 aromatic heterocycles. The molecule has 2 rings (SSSR count). The van der Waals surface area contributed by atoms with Gasteiger partial charge in [-0.15, -0.1) is 0 Å². The van der Waals surface area contributed by atoms with Crippen LogP contribution in [0.3, 0.4) is 0 Å². The summed E-state index contributed by atoms with van der Waals surface area (Å²) in [7, 11) is 1.23. The van der Waals surface area contributed by atoms with Crippen LogP contribution in [0.4, 0.5) is 4.79 Å². The number of ether oxygens (including phenoxy) is 3. The molecule has 0 spiro atoms. The SMILES string of the molecule is COC(=O)COc1ccc(CC(CO)NC(=O)C(Cc2ccccc2)NC(=O)OC(C)(C)C)cc1C(C)=O. The average Bonchev–Trinajstić information content (AvgIpc) is 2.86. The zero-order valence-corrected chi connectivity index (χ0v) is 22.4. The molecular formula is C28H36N2O8. The van der Waals surface area contributed by atoms with Gasteiger partial charge in [0.15, 0.2) is 12.4 Å². The zero-order valence-electron chi connectivity index (χ0n) is 22.4. The van der Waals surface area contributed by atoms with E-state index in [9.17, 15) is 24.3 Å². The first-order chi connectivity index (χ1) is 17.9. The lowest BCUT2D eigenvalue weighted by molar-refractivity contribution is -0.142. The number of hydrogen-bond acceptors (Lipinski definition) is 8. The second-order valence-corrected chi connectivity index (χ2v) is 9.73. The molecule has 3 N–H and O–H groups in total. The minimum atomic E-state index is -0.955. The van der Waals surface area contributed by atoms with Gasteiger partial charge in [0.1, 0.15) is 17.4 Å². The van der Waals surface area contributed by atoms with E-state index >= 15 is 0 Å². The normalized spacial score (nSPS) is 12.6. The number of amides is 2. The van der Waals surface area contributed by atoms with Crippen LogP contribution in [0.15, 0.2) is 48.5 Å². The highest BCUT2D eigenvalue weighted by molar-refractivity contribution is 5.97. The van der Waals surface area contributed by atoms with Gasteiger partial charge in [-0.25, -0.2) is 9.59 Å². The Labute approximate surface area is 222 Å². The van der Waals surface area contributed by atoms with Gasteiger partial charge in [-0.1, -0.05) is 36.4 Å². The first-order valence-corrected chi connectivity index (χ1v) is 12.2. The molecule has 0 fully saturated rings. The Balaban J connectivity index is 2.16. The third-order valence-corrected chi connectivity index (χ3v) is 5.34. The summed E-state index contributed by atoms with van der Waals surface area (Å²) in [6.07, 6.45) is -0.322. The smallest absolute Gasteiger partial charge is 0.408 e. The maximum Gasteiger partial charge on any atom is 0.408 e.